The van der Waals surface area contributed by atoms with E-state index in [1.54, 1.807) is 13.1 Å². The largest absolute Gasteiger partial charge is 0.378 e. The second kappa shape index (κ2) is 5.87. The lowest BCUT2D eigenvalue weighted by atomic mass is 10.1. The number of ether oxygens (including phenoxy) is 1. The molecule has 1 amide bonds. The smallest absolute Gasteiger partial charge is 0.229 e. The zero-order valence-electron chi connectivity index (χ0n) is 12.4. The molecule has 2 aliphatic rings. The number of carbonyl (C=O) groups is 1. The maximum absolute atomic E-state index is 12.1. The average Bonchev–Trinajstić information content (AvgIpc) is 3.06. The number of rotatable bonds is 4. The highest BCUT2D eigenvalue weighted by atomic mass is 35.5. The Morgan fingerprint density at radius 2 is 2.09 bits per heavy atom. The Balaban J connectivity index is 1.54. The van der Waals surface area contributed by atoms with Crippen LogP contribution >= 0.6 is 23.2 Å². The molecule has 7 heteroatoms. The van der Waals surface area contributed by atoms with E-state index in [0.717, 1.165) is 37.7 Å². The standard InChI is InChI=1S/C15H19Cl2N3O2/c1-14(10-15(14,16)17)13(21)19-9-11-2-3-12(18-8-11)20-4-6-22-7-5-20/h2-3,8H,4-7,9-10H2,1H3,(H,19,21)/t14-/m1/s1. The molecule has 0 bridgehead atoms. The Kier molecular flexibility index (Phi) is 4.23. The van der Waals surface area contributed by atoms with Gasteiger partial charge in [0.1, 0.15) is 10.2 Å². The third-order valence-electron chi connectivity index (χ3n) is 4.36. The van der Waals surface area contributed by atoms with Gasteiger partial charge in [-0.15, -0.1) is 23.2 Å². The number of amides is 1. The van der Waals surface area contributed by atoms with Gasteiger partial charge in [0.15, 0.2) is 0 Å². The maximum atomic E-state index is 12.1. The molecule has 1 N–H and O–H groups in total. The molecule has 22 heavy (non-hydrogen) atoms. The van der Waals surface area contributed by atoms with Crippen molar-refractivity contribution in [1.29, 1.82) is 0 Å². The topological polar surface area (TPSA) is 54.5 Å². The van der Waals surface area contributed by atoms with Gasteiger partial charge >= 0.3 is 0 Å². The van der Waals surface area contributed by atoms with Crippen LogP contribution in [-0.2, 0) is 16.1 Å². The molecule has 0 aromatic carbocycles. The number of nitrogens with zero attached hydrogens (tertiary/aromatic N) is 2. The number of halogens is 2. The summed E-state index contributed by atoms with van der Waals surface area (Å²) in [6.45, 7) is 5.38. The minimum Gasteiger partial charge on any atom is -0.378 e. The number of nitrogens with one attached hydrogen (secondary N) is 1. The summed E-state index contributed by atoms with van der Waals surface area (Å²) < 4.78 is 4.39. The van der Waals surface area contributed by atoms with Gasteiger partial charge in [-0.3, -0.25) is 4.79 Å². The Bertz CT molecular complexity index is 558. The Hall–Kier alpha value is -1.04. The minimum atomic E-state index is -0.935. The summed E-state index contributed by atoms with van der Waals surface area (Å²) in [4.78, 5) is 18.7. The van der Waals surface area contributed by atoms with E-state index in [1.807, 2.05) is 12.1 Å². The normalized spacial score (nSPS) is 26.6. The van der Waals surface area contributed by atoms with Crippen LogP contribution in [0, 0.1) is 5.41 Å². The van der Waals surface area contributed by atoms with Crippen LogP contribution in [0.25, 0.3) is 0 Å². The fraction of sp³-hybridized carbons (Fsp3) is 0.600. The maximum Gasteiger partial charge on any atom is 0.229 e. The molecule has 1 aliphatic carbocycles. The average molecular weight is 344 g/mol. The van der Waals surface area contributed by atoms with Crippen molar-refractivity contribution in [1.82, 2.24) is 10.3 Å². The molecule has 0 spiro atoms. The molecule has 3 rings (SSSR count). The number of pyridine rings is 1. The first-order valence-corrected chi connectivity index (χ1v) is 8.12. The summed E-state index contributed by atoms with van der Waals surface area (Å²) >= 11 is 12.0. The fourth-order valence-corrected chi connectivity index (χ4v) is 3.23. The van der Waals surface area contributed by atoms with Gasteiger partial charge in [-0.05, 0) is 25.0 Å². The van der Waals surface area contributed by atoms with E-state index < -0.39 is 9.75 Å². The number of hydrogen-bond acceptors (Lipinski definition) is 4. The molecule has 0 radical (unpaired) electrons. The number of aromatic nitrogens is 1. The molecule has 1 aromatic rings. The van der Waals surface area contributed by atoms with Gasteiger partial charge in [-0.25, -0.2) is 4.98 Å². The van der Waals surface area contributed by atoms with Crippen molar-refractivity contribution in [2.75, 3.05) is 31.2 Å². The molecular formula is C15H19Cl2N3O2. The van der Waals surface area contributed by atoms with Crippen molar-refractivity contribution >= 4 is 34.9 Å². The van der Waals surface area contributed by atoms with E-state index >= 15 is 0 Å². The van der Waals surface area contributed by atoms with Crippen LogP contribution in [0.4, 0.5) is 5.82 Å². The number of alkyl halides is 2. The summed E-state index contributed by atoms with van der Waals surface area (Å²) in [6, 6.07) is 3.95. The van der Waals surface area contributed by atoms with Crippen molar-refractivity contribution in [3.63, 3.8) is 0 Å². The van der Waals surface area contributed by atoms with Gasteiger partial charge in [0.25, 0.3) is 0 Å². The molecule has 1 atom stereocenters. The second-order valence-corrected chi connectivity index (χ2v) is 7.50. The summed E-state index contributed by atoms with van der Waals surface area (Å²) in [7, 11) is 0. The third-order valence-corrected chi connectivity index (χ3v) is 5.46. The van der Waals surface area contributed by atoms with Crippen molar-refractivity contribution in [3.8, 4) is 0 Å². The lowest BCUT2D eigenvalue weighted by molar-refractivity contribution is -0.125. The van der Waals surface area contributed by atoms with Crippen molar-refractivity contribution in [2.45, 2.75) is 24.2 Å². The van der Waals surface area contributed by atoms with E-state index in [1.165, 1.54) is 0 Å². The second-order valence-electron chi connectivity index (χ2n) is 6.02. The Labute approximate surface area is 139 Å². The van der Waals surface area contributed by atoms with Crippen molar-refractivity contribution < 1.29 is 9.53 Å². The highest BCUT2D eigenvalue weighted by Crippen LogP contribution is 2.63. The van der Waals surface area contributed by atoms with Crippen molar-refractivity contribution in [2.24, 2.45) is 5.41 Å². The summed E-state index contributed by atoms with van der Waals surface area (Å²) in [5, 5.41) is 2.87. The molecule has 120 valence electrons. The van der Waals surface area contributed by atoms with E-state index in [0.29, 0.717) is 13.0 Å². The molecule has 0 unspecified atom stereocenters. The Morgan fingerprint density at radius 1 is 1.41 bits per heavy atom. The van der Waals surface area contributed by atoms with Crippen LogP contribution in [0.2, 0.25) is 0 Å². The summed E-state index contributed by atoms with van der Waals surface area (Å²) in [5.41, 5.74) is 0.265. The lowest BCUT2D eigenvalue weighted by Gasteiger charge is -2.27. The first-order valence-electron chi connectivity index (χ1n) is 7.36. The molecule has 5 nitrogen and oxygen atoms in total. The van der Waals surface area contributed by atoms with E-state index in [4.69, 9.17) is 27.9 Å². The van der Waals surface area contributed by atoms with E-state index in [9.17, 15) is 4.79 Å². The zero-order chi connectivity index (χ0) is 15.8. The van der Waals surface area contributed by atoms with Crippen LogP contribution in [0.3, 0.4) is 0 Å². The highest BCUT2D eigenvalue weighted by molar-refractivity contribution is 6.53. The van der Waals surface area contributed by atoms with E-state index in [2.05, 4.69) is 15.2 Å². The lowest BCUT2D eigenvalue weighted by Crippen LogP contribution is -2.36. The van der Waals surface area contributed by atoms with Gasteiger partial charge in [0, 0.05) is 25.8 Å². The first-order chi connectivity index (χ1) is 10.4. The molecule has 2 fully saturated rings. The van der Waals surface area contributed by atoms with Gasteiger partial charge in [-0.2, -0.15) is 0 Å². The third kappa shape index (κ3) is 3.03. The predicted octanol–water partition coefficient (Wildman–Crippen LogP) is 2.12. The number of morpholine rings is 1. The monoisotopic (exact) mass is 343 g/mol. The molecule has 1 saturated carbocycles. The number of carbonyl (C=O) groups excluding carboxylic acids is 1. The molecule has 1 aromatic heterocycles. The quantitative estimate of drug-likeness (QED) is 0.850. The zero-order valence-corrected chi connectivity index (χ0v) is 14.0. The predicted molar refractivity (Wildman–Crippen MR) is 86.3 cm³/mol. The van der Waals surface area contributed by atoms with Crippen molar-refractivity contribution in [3.05, 3.63) is 23.9 Å². The Morgan fingerprint density at radius 3 is 2.64 bits per heavy atom. The van der Waals surface area contributed by atoms with Crippen LogP contribution in [0.15, 0.2) is 18.3 Å². The molecular weight excluding hydrogens is 325 g/mol. The van der Waals surface area contributed by atoms with Gasteiger partial charge in [0.05, 0.1) is 18.6 Å². The molecule has 1 saturated heterocycles. The summed E-state index contributed by atoms with van der Waals surface area (Å²) in [6.07, 6.45) is 2.28. The SMILES string of the molecule is C[C@]1(C(=O)NCc2ccc(N3CCOCC3)nc2)CC1(Cl)Cl. The van der Waals surface area contributed by atoms with Gasteiger partial charge in [0.2, 0.25) is 5.91 Å². The highest BCUT2D eigenvalue weighted by Gasteiger charge is 2.67. The van der Waals surface area contributed by atoms with Crippen LogP contribution in [-0.4, -0.2) is 41.5 Å². The number of anilines is 1. The summed E-state index contributed by atoms with van der Waals surface area (Å²) in [5.74, 6) is 0.822. The van der Waals surface area contributed by atoms with E-state index in [-0.39, 0.29) is 5.91 Å². The van der Waals surface area contributed by atoms with Crippen LogP contribution in [0.1, 0.15) is 18.9 Å². The molecule has 2 heterocycles. The number of hydrogen-bond donors (Lipinski definition) is 1. The molecule has 1 aliphatic heterocycles. The fourth-order valence-electron chi connectivity index (χ4n) is 2.52. The van der Waals surface area contributed by atoms with Gasteiger partial charge < -0.3 is 15.0 Å². The minimum absolute atomic E-state index is 0.116. The van der Waals surface area contributed by atoms with Crippen LogP contribution in [0.5, 0.6) is 0 Å². The van der Waals surface area contributed by atoms with Gasteiger partial charge in [-0.1, -0.05) is 6.07 Å². The van der Waals surface area contributed by atoms with Crippen LogP contribution < -0.4 is 10.2 Å². The first kappa shape index (κ1) is 15.8.